The number of sulfonamides is 1. The number of primary sulfonamides is 1. The van der Waals surface area contributed by atoms with E-state index in [9.17, 15) is 8.42 Å². The summed E-state index contributed by atoms with van der Waals surface area (Å²) in [5, 5.41) is 8.22. The van der Waals surface area contributed by atoms with Crippen LogP contribution in [0.2, 0.25) is 0 Å². The number of nitrogen functional groups attached to an aromatic ring is 1. The van der Waals surface area contributed by atoms with E-state index < -0.39 is 10.0 Å². The van der Waals surface area contributed by atoms with E-state index in [0.29, 0.717) is 11.4 Å². The van der Waals surface area contributed by atoms with Crippen molar-refractivity contribution in [1.82, 2.24) is 0 Å². The van der Waals surface area contributed by atoms with Gasteiger partial charge in [0.05, 0.1) is 10.6 Å². The van der Waals surface area contributed by atoms with E-state index in [4.69, 9.17) is 10.9 Å². The molecule has 2 rings (SSSR count). The van der Waals surface area contributed by atoms with Crippen LogP contribution in [0.15, 0.2) is 50.2 Å². The molecule has 5 N–H and O–H groups in total. The van der Waals surface area contributed by atoms with Crippen LogP contribution < -0.4 is 16.2 Å². The number of nitrogens with two attached hydrogens (primary N) is 2. The Morgan fingerprint density at radius 2 is 1.65 bits per heavy atom. The number of nitrogens with one attached hydrogen (secondary N) is 1. The van der Waals surface area contributed by atoms with Crippen molar-refractivity contribution < 1.29 is 8.42 Å². The Labute approximate surface area is 133 Å². The molecule has 0 aromatic heterocycles. The maximum atomic E-state index is 11.4. The lowest BCUT2D eigenvalue weighted by Gasteiger charge is -2.12. The molecule has 106 valence electrons. The van der Waals surface area contributed by atoms with Crippen LogP contribution in [0.25, 0.3) is 0 Å². The number of halogens is 2. The van der Waals surface area contributed by atoms with E-state index in [0.717, 1.165) is 14.6 Å². The molecule has 2 aromatic rings. The zero-order valence-corrected chi connectivity index (χ0v) is 14.1. The molecule has 5 nitrogen and oxygen atoms in total. The molecule has 0 spiro atoms. The molecule has 0 heterocycles. The van der Waals surface area contributed by atoms with Gasteiger partial charge in [-0.2, -0.15) is 0 Å². The minimum Gasteiger partial charge on any atom is -0.399 e. The largest absolute Gasteiger partial charge is 0.399 e. The van der Waals surface area contributed by atoms with Crippen molar-refractivity contribution in [3.8, 4) is 0 Å². The lowest BCUT2D eigenvalue weighted by Crippen LogP contribution is -2.12. The zero-order valence-electron chi connectivity index (χ0n) is 10.1. The topological polar surface area (TPSA) is 98.2 Å². The van der Waals surface area contributed by atoms with E-state index in [1.807, 2.05) is 18.2 Å². The second-order valence-corrected chi connectivity index (χ2v) is 7.33. The Morgan fingerprint density at radius 3 is 2.20 bits per heavy atom. The van der Waals surface area contributed by atoms with Crippen molar-refractivity contribution in [3.63, 3.8) is 0 Å². The summed E-state index contributed by atoms with van der Waals surface area (Å²) in [4.78, 5) is -0.0387. The molecule has 0 radical (unpaired) electrons. The molecule has 0 amide bonds. The number of anilines is 3. The van der Waals surface area contributed by atoms with Gasteiger partial charge in [0.2, 0.25) is 10.0 Å². The third-order valence-electron chi connectivity index (χ3n) is 2.49. The number of hydrogen-bond donors (Lipinski definition) is 3. The molecule has 20 heavy (non-hydrogen) atoms. The minimum atomic E-state index is -3.80. The van der Waals surface area contributed by atoms with Crippen LogP contribution in [0.3, 0.4) is 0 Å². The molecule has 0 aliphatic carbocycles. The summed E-state index contributed by atoms with van der Waals surface area (Å²) in [6, 6.07) is 9.96. The minimum absolute atomic E-state index is 0.0387. The summed E-state index contributed by atoms with van der Waals surface area (Å²) in [5.41, 5.74) is 7.30. The first-order valence-electron chi connectivity index (χ1n) is 5.42. The third-order valence-corrected chi connectivity index (χ3v) is 4.70. The van der Waals surface area contributed by atoms with Crippen LogP contribution in [0.4, 0.5) is 17.1 Å². The monoisotopic (exact) mass is 419 g/mol. The second-order valence-electron chi connectivity index (χ2n) is 4.06. The zero-order chi connectivity index (χ0) is 14.9. The molecule has 0 unspecified atom stereocenters. The standard InChI is InChI=1S/C12H11Br2N3O2S/c13-10-2-1-3-11(14)12(10)17-8-4-7(15)5-9(6-8)20(16,18)19/h1-6,17H,15H2,(H2,16,18,19). The Balaban J connectivity index is 2.47. The predicted octanol–water partition coefficient (Wildman–Crippen LogP) is 3.18. The molecule has 0 atom stereocenters. The summed E-state index contributed by atoms with van der Waals surface area (Å²) >= 11 is 6.83. The van der Waals surface area contributed by atoms with E-state index >= 15 is 0 Å². The van der Waals surface area contributed by atoms with Crippen LogP contribution in [0, 0.1) is 0 Å². The lowest BCUT2D eigenvalue weighted by atomic mass is 10.2. The first-order chi connectivity index (χ1) is 9.27. The Kier molecular flexibility index (Phi) is 4.38. The molecule has 0 saturated heterocycles. The SMILES string of the molecule is Nc1cc(Nc2c(Br)cccc2Br)cc(S(N)(=O)=O)c1. The van der Waals surface area contributed by atoms with E-state index in [1.54, 1.807) is 6.07 Å². The summed E-state index contributed by atoms with van der Waals surface area (Å²) in [6.07, 6.45) is 0. The highest BCUT2D eigenvalue weighted by Gasteiger charge is 2.11. The van der Waals surface area contributed by atoms with Gasteiger partial charge in [0.15, 0.2) is 0 Å². The number of para-hydroxylation sites is 1. The summed E-state index contributed by atoms with van der Waals surface area (Å²) in [6.45, 7) is 0. The van der Waals surface area contributed by atoms with Crippen LogP contribution >= 0.6 is 31.9 Å². The fourth-order valence-electron chi connectivity index (χ4n) is 1.62. The molecular weight excluding hydrogens is 410 g/mol. The average molecular weight is 421 g/mol. The van der Waals surface area contributed by atoms with E-state index in [2.05, 4.69) is 37.2 Å². The quantitative estimate of drug-likeness (QED) is 0.664. The Morgan fingerprint density at radius 1 is 1.05 bits per heavy atom. The van der Waals surface area contributed by atoms with Gasteiger partial charge in [-0.15, -0.1) is 0 Å². The Hall–Kier alpha value is -1.09. The molecule has 2 aromatic carbocycles. The smallest absolute Gasteiger partial charge is 0.238 e. The molecular formula is C12H11Br2N3O2S. The predicted molar refractivity (Wildman–Crippen MR) is 87.4 cm³/mol. The Bertz CT molecular complexity index is 743. The third kappa shape index (κ3) is 3.51. The van der Waals surface area contributed by atoms with Crippen molar-refractivity contribution in [2.75, 3.05) is 11.1 Å². The highest BCUT2D eigenvalue weighted by molar-refractivity contribution is 9.11. The van der Waals surface area contributed by atoms with Gasteiger partial charge in [0.1, 0.15) is 0 Å². The maximum Gasteiger partial charge on any atom is 0.238 e. The molecule has 8 heteroatoms. The van der Waals surface area contributed by atoms with Crippen molar-refractivity contribution in [1.29, 1.82) is 0 Å². The van der Waals surface area contributed by atoms with Crippen molar-refractivity contribution >= 4 is 58.9 Å². The van der Waals surface area contributed by atoms with Gasteiger partial charge in [-0.1, -0.05) is 6.07 Å². The van der Waals surface area contributed by atoms with Crippen molar-refractivity contribution in [2.24, 2.45) is 5.14 Å². The first kappa shape index (κ1) is 15.3. The number of benzene rings is 2. The maximum absolute atomic E-state index is 11.4. The fraction of sp³-hybridized carbons (Fsp3) is 0. The molecule has 0 aliphatic rings. The van der Waals surface area contributed by atoms with Crippen molar-refractivity contribution in [3.05, 3.63) is 45.3 Å². The van der Waals surface area contributed by atoms with Gasteiger partial charge in [0.25, 0.3) is 0 Å². The molecule has 0 bridgehead atoms. The van der Waals surface area contributed by atoms with Gasteiger partial charge < -0.3 is 11.1 Å². The highest BCUT2D eigenvalue weighted by Crippen LogP contribution is 2.34. The fourth-order valence-corrected chi connectivity index (χ4v) is 3.41. The normalized spacial score (nSPS) is 11.3. The molecule has 0 saturated carbocycles. The second kappa shape index (κ2) is 5.72. The lowest BCUT2D eigenvalue weighted by molar-refractivity contribution is 0.598. The van der Waals surface area contributed by atoms with Crippen LogP contribution in [-0.2, 0) is 10.0 Å². The highest BCUT2D eigenvalue weighted by atomic mass is 79.9. The number of hydrogen-bond acceptors (Lipinski definition) is 4. The summed E-state index contributed by atoms with van der Waals surface area (Å²) in [7, 11) is -3.80. The summed E-state index contributed by atoms with van der Waals surface area (Å²) < 4.78 is 24.4. The van der Waals surface area contributed by atoms with Gasteiger partial charge in [0, 0.05) is 20.3 Å². The average Bonchev–Trinajstić information content (AvgIpc) is 2.32. The van der Waals surface area contributed by atoms with Gasteiger partial charge >= 0.3 is 0 Å². The van der Waals surface area contributed by atoms with E-state index in [1.165, 1.54) is 12.1 Å². The van der Waals surface area contributed by atoms with Crippen LogP contribution in [-0.4, -0.2) is 8.42 Å². The van der Waals surface area contributed by atoms with Gasteiger partial charge in [-0.3, -0.25) is 0 Å². The number of rotatable bonds is 3. The van der Waals surface area contributed by atoms with Crippen LogP contribution in [0.5, 0.6) is 0 Å². The summed E-state index contributed by atoms with van der Waals surface area (Å²) in [5.74, 6) is 0. The molecule has 0 fully saturated rings. The molecule has 0 aliphatic heterocycles. The van der Waals surface area contributed by atoms with E-state index in [-0.39, 0.29) is 4.90 Å². The van der Waals surface area contributed by atoms with Crippen molar-refractivity contribution in [2.45, 2.75) is 4.90 Å². The first-order valence-corrected chi connectivity index (χ1v) is 8.55. The van der Waals surface area contributed by atoms with Gasteiger partial charge in [-0.25, -0.2) is 13.6 Å². The van der Waals surface area contributed by atoms with Crippen LogP contribution in [0.1, 0.15) is 0 Å². The van der Waals surface area contributed by atoms with Gasteiger partial charge in [-0.05, 0) is 62.2 Å².